The summed E-state index contributed by atoms with van der Waals surface area (Å²) in [5, 5.41) is 6.53. The van der Waals surface area contributed by atoms with Gasteiger partial charge >= 0.3 is 0 Å². The van der Waals surface area contributed by atoms with E-state index in [1.54, 1.807) is 37.3 Å². The van der Waals surface area contributed by atoms with Crippen LogP contribution in [0, 0.1) is 19.7 Å². The molecule has 1 aromatic heterocycles. The molecule has 0 bridgehead atoms. The van der Waals surface area contributed by atoms with Crippen molar-refractivity contribution < 1.29 is 9.18 Å². The number of aromatic nitrogens is 2. The maximum absolute atomic E-state index is 13.7. The standard InChI is InChI=1S/C21H20ClFN4O/c1-13-11-16(22)7-8-18(13)26-21-25-14(2)12-19(27-21)20(28)24-10-9-15-5-3-4-6-17(15)23/h3-8,11-12H,9-10H2,1-2H3,(H,24,28)(H,25,26,27). The zero-order chi connectivity index (χ0) is 20.1. The number of benzene rings is 2. The van der Waals surface area contributed by atoms with E-state index in [4.69, 9.17) is 11.6 Å². The summed E-state index contributed by atoms with van der Waals surface area (Å²) >= 11 is 5.98. The van der Waals surface area contributed by atoms with Gasteiger partial charge in [0, 0.05) is 22.9 Å². The maximum Gasteiger partial charge on any atom is 0.270 e. The summed E-state index contributed by atoms with van der Waals surface area (Å²) in [4.78, 5) is 21.1. The van der Waals surface area contributed by atoms with Crippen LogP contribution in [0.3, 0.4) is 0 Å². The number of amides is 1. The van der Waals surface area contributed by atoms with Crippen molar-refractivity contribution in [2.75, 3.05) is 11.9 Å². The van der Waals surface area contributed by atoms with Gasteiger partial charge in [-0.1, -0.05) is 29.8 Å². The monoisotopic (exact) mass is 398 g/mol. The fourth-order valence-corrected chi connectivity index (χ4v) is 2.96. The first-order chi connectivity index (χ1) is 13.4. The molecule has 0 spiro atoms. The molecule has 2 aromatic carbocycles. The van der Waals surface area contributed by atoms with Gasteiger partial charge in [0.25, 0.3) is 5.91 Å². The Labute approximate surface area is 168 Å². The predicted octanol–water partition coefficient (Wildman–Crippen LogP) is 4.60. The minimum Gasteiger partial charge on any atom is -0.350 e. The summed E-state index contributed by atoms with van der Waals surface area (Å²) in [5.74, 6) is -0.290. The molecule has 7 heteroatoms. The van der Waals surface area contributed by atoms with Gasteiger partial charge in [-0.3, -0.25) is 4.79 Å². The van der Waals surface area contributed by atoms with E-state index in [9.17, 15) is 9.18 Å². The van der Waals surface area contributed by atoms with E-state index in [-0.39, 0.29) is 17.4 Å². The Hall–Kier alpha value is -2.99. The molecule has 0 saturated carbocycles. The molecule has 0 saturated heterocycles. The van der Waals surface area contributed by atoms with Gasteiger partial charge in [0.1, 0.15) is 11.5 Å². The van der Waals surface area contributed by atoms with E-state index < -0.39 is 0 Å². The van der Waals surface area contributed by atoms with Crippen LogP contribution in [0.5, 0.6) is 0 Å². The van der Waals surface area contributed by atoms with Crippen LogP contribution in [-0.4, -0.2) is 22.4 Å². The third-order valence-corrected chi connectivity index (χ3v) is 4.39. The minimum atomic E-state index is -0.335. The molecule has 2 N–H and O–H groups in total. The highest BCUT2D eigenvalue weighted by atomic mass is 35.5. The lowest BCUT2D eigenvalue weighted by molar-refractivity contribution is 0.0949. The molecular formula is C21H20ClFN4O. The molecule has 0 fully saturated rings. The van der Waals surface area contributed by atoms with E-state index in [1.165, 1.54) is 6.07 Å². The quantitative estimate of drug-likeness (QED) is 0.636. The third kappa shape index (κ3) is 5.04. The molecule has 1 heterocycles. The summed E-state index contributed by atoms with van der Waals surface area (Å²) in [6, 6.07) is 13.5. The molecule has 0 radical (unpaired) electrons. The Kier molecular flexibility index (Phi) is 6.21. The van der Waals surface area contributed by atoms with Crippen molar-refractivity contribution >= 4 is 29.1 Å². The van der Waals surface area contributed by atoms with E-state index in [0.29, 0.717) is 35.2 Å². The smallest absolute Gasteiger partial charge is 0.270 e. The van der Waals surface area contributed by atoms with E-state index in [0.717, 1.165) is 11.3 Å². The number of nitrogens with one attached hydrogen (secondary N) is 2. The highest BCUT2D eigenvalue weighted by Gasteiger charge is 2.12. The highest BCUT2D eigenvalue weighted by Crippen LogP contribution is 2.22. The number of hydrogen-bond donors (Lipinski definition) is 2. The fourth-order valence-electron chi connectivity index (χ4n) is 2.73. The average Bonchev–Trinajstić information content (AvgIpc) is 2.65. The molecule has 28 heavy (non-hydrogen) atoms. The number of nitrogens with zero attached hydrogens (tertiary/aromatic N) is 2. The van der Waals surface area contributed by atoms with Crippen LogP contribution in [0.15, 0.2) is 48.5 Å². The van der Waals surface area contributed by atoms with E-state index in [2.05, 4.69) is 20.6 Å². The van der Waals surface area contributed by atoms with Crippen LogP contribution < -0.4 is 10.6 Å². The van der Waals surface area contributed by atoms with Crippen LogP contribution in [0.2, 0.25) is 5.02 Å². The van der Waals surface area contributed by atoms with Crippen molar-refractivity contribution in [2.24, 2.45) is 0 Å². The Morgan fingerprint density at radius 1 is 1.11 bits per heavy atom. The first kappa shape index (κ1) is 19.8. The number of aryl methyl sites for hydroxylation is 2. The third-order valence-electron chi connectivity index (χ3n) is 4.16. The second kappa shape index (κ2) is 8.80. The van der Waals surface area contributed by atoms with Gasteiger partial charge in [0.15, 0.2) is 0 Å². The number of rotatable bonds is 6. The molecular weight excluding hydrogens is 379 g/mol. The number of halogens is 2. The molecule has 0 unspecified atom stereocenters. The van der Waals surface area contributed by atoms with Gasteiger partial charge in [-0.25, -0.2) is 14.4 Å². The summed E-state index contributed by atoms with van der Waals surface area (Å²) < 4.78 is 13.7. The van der Waals surface area contributed by atoms with Gasteiger partial charge in [-0.2, -0.15) is 0 Å². The van der Waals surface area contributed by atoms with Crippen LogP contribution in [0.25, 0.3) is 0 Å². The Morgan fingerprint density at radius 2 is 1.89 bits per heavy atom. The van der Waals surface area contributed by atoms with E-state index in [1.807, 2.05) is 19.1 Å². The maximum atomic E-state index is 13.7. The lowest BCUT2D eigenvalue weighted by Gasteiger charge is -2.11. The SMILES string of the molecule is Cc1cc(C(=O)NCCc2ccccc2F)nc(Nc2ccc(Cl)cc2C)n1. The summed E-state index contributed by atoms with van der Waals surface area (Å²) in [7, 11) is 0. The molecule has 1 amide bonds. The van der Waals surface area contributed by atoms with Crippen LogP contribution in [0.1, 0.15) is 27.3 Å². The molecule has 144 valence electrons. The molecule has 3 rings (SSSR count). The topological polar surface area (TPSA) is 66.9 Å². The van der Waals surface area contributed by atoms with Crippen molar-refractivity contribution in [3.63, 3.8) is 0 Å². The van der Waals surface area contributed by atoms with E-state index >= 15 is 0 Å². The van der Waals surface area contributed by atoms with Crippen molar-refractivity contribution in [3.05, 3.63) is 81.9 Å². The fraction of sp³-hybridized carbons (Fsp3) is 0.190. The summed E-state index contributed by atoms with van der Waals surface area (Å²) in [6.45, 7) is 4.01. The number of anilines is 2. The largest absolute Gasteiger partial charge is 0.350 e. The van der Waals surface area contributed by atoms with Crippen molar-refractivity contribution in [1.29, 1.82) is 0 Å². The van der Waals surface area contributed by atoms with Crippen LogP contribution >= 0.6 is 11.6 Å². The van der Waals surface area contributed by atoms with Gasteiger partial charge < -0.3 is 10.6 Å². The number of carbonyl (C=O) groups is 1. The van der Waals surface area contributed by atoms with Gasteiger partial charge in [0.2, 0.25) is 5.95 Å². The molecule has 0 aliphatic rings. The van der Waals surface area contributed by atoms with Crippen molar-refractivity contribution in [2.45, 2.75) is 20.3 Å². The normalized spacial score (nSPS) is 10.6. The lowest BCUT2D eigenvalue weighted by Crippen LogP contribution is -2.27. The van der Waals surface area contributed by atoms with Crippen LogP contribution in [0.4, 0.5) is 16.0 Å². The average molecular weight is 399 g/mol. The Balaban J connectivity index is 1.68. The minimum absolute atomic E-state index is 0.246. The number of hydrogen-bond acceptors (Lipinski definition) is 4. The predicted molar refractivity (Wildman–Crippen MR) is 109 cm³/mol. The molecule has 5 nitrogen and oxygen atoms in total. The second-order valence-corrected chi connectivity index (χ2v) is 6.84. The zero-order valence-corrected chi connectivity index (χ0v) is 16.3. The number of carbonyl (C=O) groups excluding carboxylic acids is 1. The lowest BCUT2D eigenvalue weighted by atomic mass is 10.1. The van der Waals surface area contributed by atoms with Gasteiger partial charge in [0.05, 0.1) is 0 Å². The highest BCUT2D eigenvalue weighted by molar-refractivity contribution is 6.30. The van der Waals surface area contributed by atoms with Crippen LogP contribution in [-0.2, 0) is 6.42 Å². The Bertz CT molecular complexity index is 1010. The zero-order valence-electron chi connectivity index (χ0n) is 15.6. The molecule has 0 aliphatic heterocycles. The van der Waals surface area contributed by atoms with Gasteiger partial charge in [-0.05, 0) is 61.7 Å². The summed E-state index contributed by atoms with van der Waals surface area (Å²) in [5.41, 5.74) is 3.20. The summed E-state index contributed by atoms with van der Waals surface area (Å²) in [6.07, 6.45) is 0.400. The van der Waals surface area contributed by atoms with Crippen molar-refractivity contribution in [3.8, 4) is 0 Å². The second-order valence-electron chi connectivity index (χ2n) is 6.40. The first-order valence-corrected chi connectivity index (χ1v) is 9.20. The first-order valence-electron chi connectivity index (χ1n) is 8.83. The molecule has 0 atom stereocenters. The molecule has 3 aromatic rings. The Morgan fingerprint density at radius 3 is 2.64 bits per heavy atom. The van der Waals surface area contributed by atoms with Gasteiger partial charge in [-0.15, -0.1) is 0 Å². The molecule has 0 aliphatic carbocycles. The van der Waals surface area contributed by atoms with Crippen molar-refractivity contribution in [1.82, 2.24) is 15.3 Å².